The predicted octanol–water partition coefficient (Wildman–Crippen LogP) is 1.09. The Labute approximate surface area is 203 Å². The minimum absolute atomic E-state index is 0. The number of unbranched alkanes of at least 4 members (excludes halogenated alkanes) is 14. The molecule has 0 aliphatic heterocycles. The zero-order valence-corrected chi connectivity index (χ0v) is 21.0. The van der Waals surface area contributed by atoms with Crippen molar-refractivity contribution in [2.24, 2.45) is 0 Å². The van der Waals surface area contributed by atoms with Gasteiger partial charge < -0.3 is 9.90 Å². The van der Waals surface area contributed by atoms with Crippen LogP contribution in [-0.2, 0) is 29.3 Å². The SMILES string of the molecule is CCCCCCCCCCCCCCCCCC(=O)[O-].[K+].[O]=[Mn](=[O])(=[O])[OH]. The Kier molecular flexibility index (Phi) is 29.3. The van der Waals surface area contributed by atoms with E-state index < -0.39 is 18.9 Å². The molecule has 0 saturated heterocycles. The summed E-state index contributed by atoms with van der Waals surface area (Å²) < 4.78 is 33.1. The summed E-state index contributed by atoms with van der Waals surface area (Å²) in [5, 5.41) is 10.2. The van der Waals surface area contributed by atoms with Gasteiger partial charge in [0.05, 0.1) is 0 Å². The second kappa shape index (κ2) is 24.0. The number of aliphatic carboxylic acids is 1. The molecule has 0 atom stereocenters. The molecule has 0 saturated carbocycles. The van der Waals surface area contributed by atoms with E-state index in [1.165, 1.54) is 83.5 Å². The van der Waals surface area contributed by atoms with E-state index in [0.717, 1.165) is 12.8 Å². The molecule has 0 rings (SSSR count). The van der Waals surface area contributed by atoms with Crippen LogP contribution < -0.4 is 56.5 Å². The van der Waals surface area contributed by atoms with Crippen LogP contribution in [0, 0.1) is 0 Å². The summed E-state index contributed by atoms with van der Waals surface area (Å²) in [5.41, 5.74) is 0. The van der Waals surface area contributed by atoms with Gasteiger partial charge in [0, 0.05) is 5.97 Å². The first-order valence-electron chi connectivity index (χ1n) is 9.60. The van der Waals surface area contributed by atoms with Gasteiger partial charge in [0.2, 0.25) is 0 Å². The summed E-state index contributed by atoms with van der Waals surface area (Å²) in [6.07, 6.45) is 19.9. The van der Waals surface area contributed by atoms with Crippen molar-refractivity contribution >= 4 is 5.97 Å². The van der Waals surface area contributed by atoms with E-state index >= 15 is 0 Å². The van der Waals surface area contributed by atoms with Gasteiger partial charge in [-0.25, -0.2) is 0 Å². The molecule has 0 fully saturated rings. The molecule has 0 amide bonds. The third-order valence-corrected chi connectivity index (χ3v) is 3.98. The van der Waals surface area contributed by atoms with Crippen LogP contribution >= 0.6 is 0 Å². The van der Waals surface area contributed by atoms with Gasteiger partial charge in [-0.15, -0.1) is 0 Å². The Morgan fingerprint density at radius 1 is 0.692 bits per heavy atom. The predicted molar refractivity (Wildman–Crippen MR) is 88.8 cm³/mol. The third-order valence-electron chi connectivity index (χ3n) is 3.98. The van der Waals surface area contributed by atoms with Crippen LogP contribution in [0.25, 0.3) is 0 Å². The first kappa shape index (κ1) is 31.7. The van der Waals surface area contributed by atoms with E-state index in [9.17, 15) is 9.90 Å². The molecule has 0 radical (unpaired) electrons. The fourth-order valence-electron chi connectivity index (χ4n) is 2.64. The van der Waals surface area contributed by atoms with E-state index in [1.807, 2.05) is 0 Å². The maximum absolute atomic E-state index is 10.2. The Balaban J connectivity index is -0.000000772. The molecule has 26 heavy (non-hydrogen) atoms. The molecule has 0 bridgehead atoms. The standard InChI is InChI=1S/C18H36O2.K.Mn.H2O.3O/c1-2-3-4-5-6-7-8-9-10-11-12-13-14-15-16-17-18(19)20;;;;;;/h2-17H2,1H3,(H,19,20);;;1H2;;;/q;2*+1;;;;/p-2. The second-order valence-corrected chi connectivity index (χ2v) is 7.70. The van der Waals surface area contributed by atoms with E-state index in [-0.39, 0.29) is 57.8 Å². The molecular weight excluding hydrogens is 406 g/mol. The zero-order chi connectivity index (χ0) is 19.4. The summed E-state index contributed by atoms with van der Waals surface area (Å²) in [6.45, 7) is 2.27. The third kappa shape index (κ3) is 44.4. The Morgan fingerprint density at radius 3 is 1.15 bits per heavy atom. The Hall–Kier alpha value is 0.986. The molecule has 0 aromatic heterocycles. The van der Waals surface area contributed by atoms with Gasteiger partial charge in [-0.05, 0) is 12.8 Å². The van der Waals surface area contributed by atoms with Gasteiger partial charge >= 0.3 is 80.0 Å². The van der Waals surface area contributed by atoms with Crippen molar-refractivity contribution in [3.05, 3.63) is 0 Å². The van der Waals surface area contributed by atoms with Crippen LogP contribution in [0.1, 0.15) is 110 Å². The van der Waals surface area contributed by atoms with Gasteiger partial charge in [0.25, 0.3) is 0 Å². The summed E-state index contributed by atoms with van der Waals surface area (Å²) in [7, 11) is 0. The van der Waals surface area contributed by atoms with Crippen LogP contribution in [0.15, 0.2) is 0 Å². The van der Waals surface area contributed by atoms with Gasteiger partial charge in [-0.3, -0.25) is 0 Å². The van der Waals surface area contributed by atoms with Crippen LogP contribution in [0.5, 0.6) is 0 Å². The van der Waals surface area contributed by atoms with Gasteiger partial charge in [-0.1, -0.05) is 96.8 Å². The number of carboxylic acids is 1. The first-order valence-corrected chi connectivity index (χ1v) is 11.6. The summed E-state index contributed by atoms with van der Waals surface area (Å²) in [5.74, 6) is -0.903. The Bertz CT molecular complexity index is 431. The first-order chi connectivity index (χ1) is 11.8. The summed E-state index contributed by atoms with van der Waals surface area (Å²) in [4.78, 5) is 10.2. The van der Waals surface area contributed by atoms with Crippen molar-refractivity contribution in [3.63, 3.8) is 0 Å². The summed E-state index contributed by atoms with van der Waals surface area (Å²) >= 11 is -5.38. The number of carbonyl (C=O) groups is 1. The molecule has 6 nitrogen and oxygen atoms in total. The minimum atomic E-state index is -5.38. The number of rotatable bonds is 16. The van der Waals surface area contributed by atoms with Crippen molar-refractivity contribution in [3.8, 4) is 0 Å². The number of carboxylic acid groups (broad SMARTS) is 1. The molecule has 0 spiro atoms. The van der Waals surface area contributed by atoms with Crippen molar-refractivity contribution in [1.29, 1.82) is 0 Å². The number of hydrogen-bond acceptors (Lipinski definition) is 5. The van der Waals surface area contributed by atoms with Crippen molar-refractivity contribution in [1.82, 2.24) is 0 Å². The van der Waals surface area contributed by atoms with Crippen LogP contribution in [0.2, 0.25) is 0 Å². The fourth-order valence-corrected chi connectivity index (χ4v) is 2.64. The van der Waals surface area contributed by atoms with Crippen molar-refractivity contribution in [2.45, 2.75) is 110 Å². The van der Waals surface area contributed by atoms with Crippen LogP contribution in [-0.4, -0.2) is 10.2 Å². The van der Waals surface area contributed by atoms with Gasteiger partial charge in [0.15, 0.2) is 0 Å². The molecule has 8 heteroatoms. The number of hydrogen-bond donors (Lipinski definition) is 1. The molecule has 1 N–H and O–H groups in total. The van der Waals surface area contributed by atoms with Crippen LogP contribution in [0.3, 0.4) is 0 Å². The average molecular weight is 443 g/mol. The van der Waals surface area contributed by atoms with Gasteiger partial charge in [-0.2, -0.15) is 0 Å². The topological polar surface area (TPSA) is 112 Å². The molecular formula is C18H36KMnO6. The molecule has 0 aliphatic carbocycles. The molecule has 152 valence electrons. The van der Waals surface area contributed by atoms with Crippen molar-refractivity contribution in [2.75, 3.05) is 0 Å². The molecule has 0 aliphatic rings. The normalized spacial score (nSPS) is 10.5. The quantitative estimate of drug-likeness (QED) is 0.283. The van der Waals surface area contributed by atoms with E-state index in [1.54, 1.807) is 0 Å². The van der Waals surface area contributed by atoms with E-state index in [4.69, 9.17) is 15.7 Å². The monoisotopic (exact) mass is 442 g/mol. The zero-order valence-electron chi connectivity index (χ0n) is 16.7. The summed E-state index contributed by atoms with van der Waals surface area (Å²) in [6, 6.07) is 0. The molecule has 0 aromatic rings. The van der Waals surface area contributed by atoms with E-state index in [2.05, 4.69) is 6.92 Å². The van der Waals surface area contributed by atoms with E-state index in [0.29, 0.717) is 0 Å². The average Bonchev–Trinajstić information content (AvgIpc) is 2.49. The molecule has 0 unspecified atom stereocenters. The van der Waals surface area contributed by atoms with Crippen LogP contribution in [0.4, 0.5) is 0 Å². The Morgan fingerprint density at radius 2 is 0.923 bits per heavy atom. The van der Waals surface area contributed by atoms with Gasteiger partial charge in [0.1, 0.15) is 0 Å². The maximum atomic E-state index is 10.2. The van der Waals surface area contributed by atoms with Crippen molar-refractivity contribution < 1.29 is 89.9 Å². The second-order valence-electron chi connectivity index (χ2n) is 6.47. The number of carbonyl (C=O) groups excluding carboxylic acids is 1. The molecule has 0 heterocycles. The fraction of sp³-hybridized carbons (Fsp3) is 0.944. The molecule has 0 aromatic carbocycles.